The van der Waals surface area contributed by atoms with E-state index in [4.69, 9.17) is 0 Å². The Balaban J connectivity index is 1.49. The van der Waals surface area contributed by atoms with Crippen molar-refractivity contribution in [3.63, 3.8) is 0 Å². The van der Waals surface area contributed by atoms with E-state index in [0.29, 0.717) is 34.8 Å². The summed E-state index contributed by atoms with van der Waals surface area (Å²) in [6.07, 6.45) is 2.23. The van der Waals surface area contributed by atoms with Crippen LogP contribution in [0.15, 0.2) is 114 Å². The van der Waals surface area contributed by atoms with E-state index in [-0.39, 0.29) is 17.4 Å². The van der Waals surface area contributed by atoms with E-state index in [9.17, 15) is 19.2 Å². The molecule has 0 bridgehead atoms. The number of ketones is 1. The molecule has 0 heterocycles. The molecule has 0 radical (unpaired) electrons. The molecule has 1 unspecified atom stereocenters. The van der Waals surface area contributed by atoms with Gasteiger partial charge in [0.05, 0.1) is 5.25 Å². The molecule has 1 atom stereocenters. The first-order valence-electron chi connectivity index (χ1n) is 14.8. The lowest BCUT2D eigenvalue weighted by Gasteiger charge is -2.16. The van der Waals surface area contributed by atoms with Crippen molar-refractivity contribution in [3.8, 4) is 0 Å². The molecule has 0 aliphatic rings. The number of benzene rings is 4. The van der Waals surface area contributed by atoms with Gasteiger partial charge in [-0.15, -0.1) is 11.8 Å². The lowest BCUT2D eigenvalue weighted by molar-refractivity contribution is -0.116. The molecule has 3 amide bonds. The van der Waals surface area contributed by atoms with Crippen molar-refractivity contribution >= 4 is 52.7 Å². The Morgan fingerprint density at radius 1 is 0.756 bits per heavy atom. The standard InChI is InChI=1S/C37H37N3O4S/c1-5-34(37(44)38-30-20-18-28(19-21-30)25(4)41)45-32-13-9-12-31(23-32)39-36(43)33(40-35(42)29-10-7-6-8-11-29)22-26-14-16-27(17-15-26)24(2)3/h6-24,34H,5H2,1-4H3,(H,38,44)(H,39,43)(H,40,42)/b33-22+. The third-order valence-corrected chi connectivity index (χ3v) is 8.39. The Bertz CT molecular complexity index is 1680. The van der Waals surface area contributed by atoms with Gasteiger partial charge in [0.1, 0.15) is 5.70 Å². The first-order chi connectivity index (χ1) is 21.6. The molecule has 0 aliphatic heterocycles. The number of rotatable bonds is 12. The summed E-state index contributed by atoms with van der Waals surface area (Å²) in [6.45, 7) is 7.65. The number of hydrogen-bond donors (Lipinski definition) is 3. The molecule has 0 saturated heterocycles. The molecule has 45 heavy (non-hydrogen) atoms. The minimum atomic E-state index is -0.479. The number of thioether (sulfide) groups is 1. The lowest BCUT2D eigenvalue weighted by atomic mass is 10.0. The predicted octanol–water partition coefficient (Wildman–Crippen LogP) is 7.93. The summed E-state index contributed by atoms with van der Waals surface area (Å²) in [7, 11) is 0. The van der Waals surface area contributed by atoms with Crippen molar-refractivity contribution in [1.29, 1.82) is 0 Å². The highest BCUT2D eigenvalue weighted by molar-refractivity contribution is 8.00. The number of carbonyl (C=O) groups excluding carboxylic acids is 4. The largest absolute Gasteiger partial charge is 0.325 e. The Kier molecular flexibility index (Phi) is 11.5. The van der Waals surface area contributed by atoms with Crippen molar-refractivity contribution < 1.29 is 19.2 Å². The molecule has 7 nitrogen and oxygen atoms in total. The summed E-state index contributed by atoms with van der Waals surface area (Å²) in [5.41, 5.74) is 4.19. The second-order valence-electron chi connectivity index (χ2n) is 10.8. The average molecular weight is 620 g/mol. The first-order valence-corrected chi connectivity index (χ1v) is 15.7. The van der Waals surface area contributed by atoms with Crippen LogP contribution in [0, 0.1) is 0 Å². The van der Waals surface area contributed by atoms with Crippen LogP contribution in [0.3, 0.4) is 0 Å². The Labute approximate surface area is 268 Å². The number of anilines is 2. The molecule has 0 aromatic heterocycles. The molecule has 4 aromatic rings. The molecular weight excluding hydrogens is 582 g/mol. The van der Waals surface area contributed by atoms with Crippen LogP contribution >= 0.6 is 11.8 Å². The van der Waals surface area contributed by atoms with Gasteiger partial charge in [0, 0.05) is 27.4 Å². The molecule has 0 spiro atoms. The van der Waals surface area contributed by atoms with Gasteiger partial charge in [0.15, 0.2) is 5.78 Å². The maximum atomic E-state index is 13.5. The van der Waals surface area contributed by atoms with E-state index in [1.165, 1.54) is 24.2 Å². The Morgan fingerprint density at radius 2 is 1.44 bits per heavy atom. The third-order valence-electron chi connectivity index (χ3n) is 7.04. The topological polar surface area (TPSA) is 104 Å². The molecule has 0 saturated carbocycles. The van der Waals surface area contributed by atoms with Gasteiger partial charge in [0.2, 0.25) is 5.91 Å². The van der Waals surface area contributed by atoms with Crippen molar-refractivity contribution in [3.05, 3.63) is 131 Å². The van der Waals surface area contributed by atoms with Crippen LogP contribution in [0.25, 0.3) is 6.08 Å². The molecule has 8 heteroatoms. The molecule has 0 aliphatic carbocycles. The van der Waals surface area contributed by atoms with Crippen LogP contribution in [0.2, 0.25) is 0 Å². The van der Waals surface area contributed by atoms with Gasteiger partial charge in [0.25, 0.3) is 11.8 Å². The minimum Gasteiger partial charge on any atom is -0.325 e. The summed E-state index contributed by atoms with van der Waals surface area (Å²) < 4.78 is 0. The van der Waals surface area contributed by atoms with Crippen LogP contribution in [-0.2, 0) is 9.59 Å². The van der Waals surface area contributed by atoms with Gasteiger partial charge in [-0.25, -0.2) is 0 Å². The van der Waals surface area contributed by atoms with E-state index in [0.717, 1.165) is 10.5 Å². The summed E-state index contributed by atoms with van der Waals surface area (Å²) in [4.78, 5) is 51.9. The summed E-state index contributed by atoms with van der Waals surface area (Å²) in [6, 6.07) is 30.6. The quantitative estimate of drug-likeness (QED) is 0.0849. The number of amides is 3. The zero-order chi connectivity index (χ0) is 32.3. The number of Topliss-reactive ketones (excluding diaryl/α,β-unsaturated/α-hetero) is 1. The third kappa shape index (κ3) is 9.52. The highest BCUT2D eigenvalue weighted by Gasteiger charge is 2.20. The lowest BCUT2D eigenvalue weighted by Crippen LogP contribution is -2.30. The van der Waals surface area contributed by atoms with Crippen LogP contribution in [-0.4, -0.2) is 28.8 Å². The fraction of sp³-hybridized carbons (Fsp3) is 0.189. The van der Waals surface area contributed by atoms with Gasteiger partial charge in [-0.2, -0.15) is 0 Å². The fourth-order valence-electron chi connectivity index (χ4n) is 4.43. The first kappa shape index (κ1) is 33.0. The smallest absolute Gasteiger partial charge is 0.272 e. The zero-order valence-electron chi connectivity index (χ0n) is 25.8. The van der Waals surface area contributed by atoms with E-state index in [2.05, 4.69) is 29.8 Å². The Morgan fingerprint density at radius 3 is 2.07 bits per heavy atom. The normalized spacial score (nSPS) is 11.9. The number of nitrogens with one attached hydrogen (secondary N) is 3. The second-order valence-corrected chi connectivity index (χ2v) is 12.1. The van der Waals surface area contributed by atoms with E-state index in [1.807, 2.05) is 43.3 Å². The van der Waals surface area contributed by atoms with E-state index >= 15 is 0 Å². The molecular formula is C37H37N3O4S. The maximum absolute atomic E-state index is 13.5. The summed E-state index contributed by atoms with van der Waals surface area (Å²) in [5.74, 6) is -0.708. The van der Waals surface area contributed by atoms with Crippen molar-refractivity contribution in [1.82, 2.24) is 5.32 Å². The summed E-state index contributed by atoms with van der Waals surface area (Å²) in [5, 5.41) is 8.20. The van der Waals surface area contributed by atoms with E-state index in [1.54, 1.807) is 72.8 Å². The highest BCUT2D eigenvalue weighted by Crippen LogP contribution is 2.29. The highest BCUT2D eigenvalue weighted by atomic mass is 32.2. The monoisotopic (exact) mass is 619 g/mol. The molecule has 0 fully saturated rings. The fourth-order valence-corrected chi connectivity index (χ4v) is 5.44. The van der Waals surface area contributed by atoms with Gasteiger partial charge in [-0.05, 0) is 91.1 Å². The SMILES string of the molecule is CCC(Sc1cccc(NC(=O)/C(=C\c2ccc(C(C)C)cc2)NC(=O)c2ccccc2)c1)C(=O)Nc1ccc(C(C)=O)cc1. The Hall–Kier alpha value is -4.95. The maximum Gasteiger partial charge on any atom is 0.272 e. The van der Waals surface area contributed by atoms with Crippen LogP contribution in [0.1, 0.15) is 71.9 Å². The van der Waals surface area contributed by atoms with Crippen LogP contribution in [0.4, 0.5) is 11.4 Å². The predicted molar refractivity (Wildman–Crippen MR) is 183 cm³/mol. The van der Waals surface area contributed by atoms with Crippen molar-refractivity contribution in [2.75, 3.05) is 10.6 Å². The van der Waals surface area contributed by atoms with Crippen molar-refractivity contribution in [2.24, 2.45) is 0 Å². The van der Waals surface area contributed by atoms with Gasteiger partial charge in [-0.1, -0.05) is 69.3 Å². The molecule has 4 aromatic carbocycles. The zero-order valence-corrected chi connectivity index (χ0v) is 26.6. The van der Waals surface area contributed by atoms with E-state index < -0.39 is 17.1 Å². The van der Waals surface area contributed by atoms with Crippen LogP contribution < -0.4 is 16.0 Å². The van der Waals surface area contributed by atoms with Gasteiger partial charge >= 0.3 is 0 Å². The van der Waals surface area contributed by atoms with Crippen molar-refractivity contribution in [2.45, 2.75) is 50.2 Å². The van der Waals surface area contributed by atoms with Crippen LogP contribution in [0.5, 0.6) is 0 Å². The van der Waals surface area contributed by atoms with Gasteiger partial charge in [-0.3, -0.25) is 19.2 Å². The second kappa shape index (κ2) is 15.7. The number of hydrogen-bond acceptors (Lipinski definition) is 5. The summed E-state index contributed by atoms with van der Waals surface area (Å²) >= 11 is 1.39. The van der Waals surface area contributed by atoms with Gasteiger partial charge < -0.3 is 16.0 Å². The average Bonchev–Trinajstić information content (AvgIpc) is 3.04. The number of carbonyl (C=O) groups is 4. The minimum absolute atomic E-state index is 0.0386. The molecule has 230 valence electrons. The molecule has 3 N–H and O–H groups in total. The molecule has 4 rings (SSSR count).